The van der Waals surface area contributed by atoms with Crippen molar-refractivity contribution < 1.29 is 14.7 Å². The molecule has 1 aliphatic rings. The lowest BCUT2D eigenvalue weighted by Crippen LogP contribution is -2.45. The third-order valence-electron chi connectivity index (χ3n) is 4.84. The van der Waals surface area contributed by atoms with Gasteiger partial charge in [-0.1, -0.05) is 37.6 Å². The van der Waals surface area contributed by atoms with Crippen LogP contribution in [0.25, 0.3) is 0 Å². The molecule has 4 nitrogen and oxygen atoms in total. The maximum absolute atomic E-state index is 13.1. The van der Waals surface area contributed by atoms with E-state index in [-0.39, 0.29) is 5.91 Å². The predicted octanol–water partition coefficient (Wildman–Crippen LogP) is 3.33. The van der Waals surface area contributed by atoms with Gasteiger partial charge < -0.3 is 10.0 Å². The second-order valence-corrected chi connectivity index (χ2v) is 6.31. The number of hydrogen-bond acceptors (Lipinski definition) is 2. The fraction of sp³-hybridized carbons (Fsp3) is 0.529. The molecule has 0 radical (unpaired) electrons. The molecule has 1 aliphatic heterocycles. The van der Waals surface area contributed by atoms with E-state index in [4.69, 9.17) is 16.7 Å². The molecule has 1 unspecified atom stereocenters. The molecule has 22 heavy (non-hydrogen) atoms. The van der Waals surface area contributed by atoms with Crippen molar-refractivity contribution in [1.82, 2.24) is 4.90 Å². The summed E-state index contributed by atoms with van der Waals surface area (Å²) in [6, 6.07) is 7.40. The molecule has 0 aromatic heterocycles. The number of carboxylic acid groups (broad SMARTS) is 1. The standard InChI is InChI=1S/C17H22ClNO3/c1-3-17(4-2,13-5-7-14(18)8-6-13)16(22)19-10-9-12(11-19)15(20)21/h5-8,12H,3-4,9-11H2,1-2H3,(H,20,21). The van der Waals surface area contributed by atoms with Gasteiger partial charge in [-0.15, -0.1) is 0 Å². The van der Waals surface area contributed by atoms with E-state index in [1.54, 1.807) is 17.0 Å². The van der Waals surface area contributed by atoms with Crippen molar-refractivity contribution in [3.63, 3.8) is 0 Å². The zero-order valence-corrected chi connectivity index (χ0v) is 13.8. The smallest absolute Gasteiger partial charge is 0.308 e. The number of nitrogens with zero attached hydrogens (tertiary/aromatic N) is 1. The monoisotopic (exact) mass is 323 g/mol. The Morgan fingerprint density at radius 3 is 2.32 bits per heavy atom. The fourth-order valence-corrected chi connectivity index (χ4v) is 3.43. The van der Waals surface area contributed by atoms with Crippen LogP contribution in [0.2, 0.25) is 5.02 Å². The van der Waals surface area contributed by atoms with Crippen LogP contribution in [0.15, 0.2) is 24.3 Å². The van der Waals surface area contributed by atoms with E-state index in [9.17, 15) is 9.59 Å². The lowest BCUT2D eigenvalue weighted by atomic mass is 9.74. The van der Waals surface area contributed by atoms with Crippen LogP contribution in [0.3, 0.4) is 0 Å². The molecule has 1 aromatic carbocycles. The molecule has 1 atom stereocenters. The minimum absolute atomic E-state index is 0.0311. The van der Waals surface area contributed by atoms with Crippen LogP contribution < -0.4 is 0 Å². The Kier molecular flexibility index (Phi) is 5.12. The van der Waals surface area contributed by atoms with E-state index < -0.39 is 17.3 Å². The highest BCUT2D eigenvalue weighted by atomic mass is 35.5. The number of carbonyl (C=O) groups is 2. The molecule has 0 aliphatic carbocycles. The molecule has 1 fully saturated rings. The number of carboxylic acids is 1. The zero-order chi connectivity index (χ0) is 16.3. The van der Waals surface area contributed by atoms with E-state index in [0.717, 1.165) is 5.56 Å². The highest BCUT2D eigenvalue weighted by Gasteiger charge is 2.42. The van der Waals surface area contributed by atoms with Gasteiger partial charge in [-0.2, -0.15) is 0 Å². The van der Waals surface area contributed by atoms with E-state index in [0.29, 0.717) is 37.4 Å². The van der Waals surface area contributed by atoms with E-state index in [1.807, 2.05) is 26.0 Å². The summed E-state index contributed by atoms with van der Waals surface area (Å²) in [6.45, 7) is 4.83. The van der Waals surface area contributed by atoms with E-state index in [1.165, 1.54) is 0 Å². The minimum atomic E-state index is -0.819. The van der Waals surface area contributed by atoms with Gasteiger partial charge in [0.25, 0.3) is 0 Å². The highest BCUT2D eigenvalue weighted by Crippen LogP contribution is 2.36. The fourth-order valence-electron chi connectivity index (χ4n) is 3.30. The molecule has 0 spiro atoms. The average Bonchev–Trinajstić information content (AvgIpc) is 3.00. The number of amides is 1. The highest BCUT2D eigenvalue weighted by molar-refractivity contribution is 6.30. The number of hydrogen-bond donors (Lipinski definition) is 1. The van der Waals surface area contributed by atoms with Gasteiger partial charge in [0.2, 0.25) is 5.91 Å². The molecular weight excluding hydrogens is 302 g/mol. The largest absolute Gasteiger partial charge is 0.481 e. The second-order valence-electron chi connectivity index (χ2n) is 5.87. The Hall–Kier alpha value is -1.55. The first-order chi connectivity index (χ1) is 10.4. The first-order valence-corrected chi connectivity index (χ1v) is 8.10. The van der Waals surface area contributed by atoms with Gasteiger partial charge in [-0.05, 0) is 37.0 Å². The van der Waals surface area contributed by atoms with E-state index in [2.05, 4.69) is 0 Å². The van der Waals surface area contributed by atoms with Gasteiger partial charge >= 0.3 is 5.97 Å². The van der Waals surface area contributed by atoms with Crippen LogP contribution in [-0.4, -0.2) is 35.0 Å². The van der Waals surface area contributed by atoms with Crippen LogP contribution in [-0.2, 0) is 15.0 Å². The molecule has 1 aromatic rings. The van der Waals surface area contributed by atoms with Crippen molar-refractivity contribution in [3.8, 4) is 0 Å². The number of halogens is 1. The van der Waals surface area contributed by atoms with Gasteiger partial charge in [0, 0.05) is 18.1 Å². The van der Waals surface area contributed by atoms with Crippen LogP contribution >= 0.6 is 11.6 Å². The van der Waals surface area contributed by atoms with Gasteiger partial charge in [0.15, 0.2) is 0 Å². The number of rotatable bonds is 5. The molecule has 2 rings (SSSR count). The van der Waals surface area contributed by atoms with Gasteiger partial charge in [-0.25, -0.2) is 0 Å². The van der Waals surface area contributed by atoms with Crippen LogP contribution in [0.4, 0.5) is 0 Å². The van der Waals surface area contributed by atoms with Crippen LogP contribution in [0.1, 0.15) is 38.7 Å². The van der Waals surface area contributed by atoms with Gasteiger partial charge in [-0.3, -0.25) is 9.59 Å². The van der Waals surface area contributed by atoms with Gasteiger partial charge in [0.05, 0.1) is 11.3 Å². The molecule has 5 heteroatoms. The molecule has 0 bridgehead atoms. The molecule has 1 N–H and O–H groups in total. The van der Waals surface area contributed by atoms with Crippen molar-refractivity contribution in [3.05, 3.63) is 34.9 Å². The number of carbonyl (C=O) groups excluding carboxylic acids is 1. The summed E-state index contributed by atoms with van der Waals surface area (Å²) in [4.78, 5) is 25.9. The molecule has 0 saturated carbocycles. The van der Waals surface area contributed by atoms with Crippen LogP contribution in [0.5, 0.6) is 0 Å². The minimum Gasteiger partial charge on any atom is -0.481 e. The Labute approximate surface area is 136 Å². The SMILES string of the molecule is CCC(CC)(C(=O)N1CCC(C(=O)O)C1)c1ccc(Cl)cc1. The first kappa shape index (κ1) is 16.8. The summed E-state index contributed by atoms with van der Waals surface area (Å²) >= 11 is 5.95. The Morgan fingerprint density at radius 1 is 1.27 bits per heavy atom. The topological polar surface area (TPSA) is 57.6 Å². The number of benzene rings is 1. The Morgan fingerprint density at radius 2 is 1.86 bits per heavy atom. The summed E-state index contributed by atoms with van der Waals surface area (Å²) in [5.41, 5.74) is 0.350. The normalized spacial score (nSPS) is 18.5. The predicted molar refractivity (Wildman–Crippen MR) is 86.0 cm³/mol. The molecule has 1 saturated heterocycles. The lowest BCUT2D eigenvalue weighted by Gasteiger charge is -2.35. The quantitative estimate of drug-likeness (QED) is 0.904. The van der Waals surface area contributed by atoms with Crippen molar-refractivity contribution in [1.29, 1.82) is 0 Å². The molecule has 1 amide bonds. The maximum Gasteiger partial charge on any atom is 0.308 e. The third kappa shape index (κ3) is 2.98. The molecular formula is C17H22ClNO3. The molecule has 1 heterocycles. The lowest BCUT2D eigenvalue weighted by molar-refractivity contribution is -0.142. The summed E-state index contributed by atoms with van der Waals surface area (Å²) in [5, 5.41) is 9.77. The number of likely N-dealkylation sites (tertiary alicyclic amines) is 1. The summed E-state index contributed by atoms with van der Waals surface area (Å²) in [6.07, 6.45) is 1.89. The van der Waals surface area contributed by atoms with E-state index >= 15 is 0 Å². The second kappa shape index (κ2) is 6.69. The summed E-state index contributed by atoms with van der Waals surface area (Å²) < 4.78 is 0. The first-order valence-electron chi connectivity index (χ1n) is 7.72. The third-order valence-corrected chi connectivity index (χ3v) is 5.09. The van der Waals surface area contributed by atoms with Crippen LogP contribution in [0, 0.1) is 5.92 Å². The van der Waals surface area contributed by atoms with Crippen molar-refractivity contribution in [2.75, 3.05) is 13.1 Å². The molecule has 120 valence electrons. The maximum atomic E-state index is 13.1. The van der Waals surface area contributed by atoms with Crippen molar-refractivity contribution >= 4 is 23.5 Å². The number of aliphatic carboxylic acids is 1. The van der Waals surface area contributed by atoms with Crippen molar-refractivity contribution in [2.45, 2.75) is 38.5 Å². The Balaban J connectivity index is 2.29. The van der Waals surface area contributed by atoms with Gasteiger partial charge in [0.1, 0.15) is 0 Å². The summed E-state index contributed by atoms with van der Waals surface area (Å²) in [7, 11) is 0. The zero-order valence-electron chi connectivity index (χ0n) is 13.0. The summed E-state index contributed by atoms with van der Waals surface area (Å²) in [5.74, 6) is -1.23. The van der Waals surface area contributed by atoms with Crippen molar-refractivity contribution in [2.24, 2.45) is 5.92 Å². The Bertz CT molecular complexity index is 552. The average molecular weight is 324 g/mol.